The molecule has 0 unspecified atom stereocenters. The minimum Gasteiger partial charge on any atom is -0.390 e. The minimum atomic E-state index is -1.16. The molecule has 2 atom stereocenters. The smallest absolute Gasteiger partial charge is 0.321 e. The molecule has 164 valence electrons. The Morgan fingerprint density at radius 2 is 1.91 bits per heavy atom. The Kier molecular flexibility index (Phi) is 6.35. The van der Waals surface area contributed by atoms with Crippen molar-refractivity contribution in [1.29, 1.82) is 0 Å². The number of thiazole rings is 1. The lowest BCUT2D eigenvalue weighted by atomic mass is 10.0. The summed E-state index contributed by atoms with van der Waals surface area (Å²) in [7, 11) is 0. The summed E-state index contributed by atoms with van der Waals surface area (Å²) in [6.07, 6.45) is 2.78. The molecule has 0 aliphatic heterocycles. The predicted molar refractivity (Wildman–Crippen MR) is 123 cm³/mol. The van der Waals surface area contributed by atoms with Gasteiger partial charge in [-0.1, -0.05) is 17.4 Å². The van der Waals surface area contributed by atoms with Gasteiger partial charge >= 0.3 is 6.03 Å². The van der Waals surface area contributed by atoms with Gasteiger partial charge in [0.2, 0.25) is 0 Å². The van der Waals surface area contributed by atoms with Crippen LogP contribution < -0.4 is 10.6 Å². The summed E-state index contributed by atoms with van der Waals surface area (Å²) >= 11 is 1.37. The van der Waals surface area contributed by atoms with E-state index in [1.165, 1.54) is 18.3 Å². The van der Waals surface area contributed by atoms with Gasteiger partial charge in [0.25, 0.3) is 0 Å². The molecule has 3 heterocycles. The number of aromatic nitrogens is 4. The van der Waals surface area contributed by atoms with Crippen LogP contribution in [0.1, 0.15) is 25.8 Å². The molecule has 10 heteroatoms. The molecule has 0 saturated heterocycles. The fourth-order valence-electron chi connectivity index (χ4n) is 3.12. The molecule has 32 heavy (non-hydrogen) atoms. The van der Waals surface area contributed by atoms with E-state index in [1.807, 2.05) is 37.3 Å². The third-order valence-electron chi connectivity index (χ3n) is 4.72. The van der Waals surface area contributed by atoms with E-state index in [2.05, 4.69) is 30.6 Å². The monoisotopic (exact) mass is 450 g/mol. The number of carbonyl (C=O) groups is 1. The van der Waals surface area contributed by atoms with E-state index >= 15 is 0 Å². The van der Waals surface area contributed by atoms with E-state index < -0.39 is 12.2 Å². The number of aliphatic hydroxyl groups is 2. The second-order valence-electron chi connectivity index (χ2n) is 7.11. The topological polar surface area (TPSA) is 133 Å². The summed E-state index contributed by atoms with van der Waals surface area (Å²) in [4.78, 5) is 29.4. The van der Waals surface area contributed by atoms with Crippen molar-refractivity contribution < 1.29 is 15.0 Å². The third-order valence-corrected chi connectivity index (χ3v) is 5.74. The molecule has 4 aromatic rings. The minimum absolute atomic E-state index is 0.150. The number of hydrogen-bond acceptors (Lipinski definition) is 8. The number of fused-ring (bicyclic) bond motifs is 1. The number of nitrogens with one attached hydrogen (secondary N) is 2. The molecule has 0 spiro atoms. The summed E-state index contributed by atoms with van der Waals surface area (Å²) in [5, 5.41) is 25.5. The maximum atomic E-state index is 11.9. The quantitative estimate of drug-likeness (QED) is 0.354. The Labute approximate surface area is 188 Å². The summed E-state index contributed by atoms with van der Waals surface area (Å²) in [6.45, 7) is 3.83. The molecule has 0 fully saturated rings. The third kappa shape index (κ3) is 4.57. The molecule has 4 N–H and O–H groups in total. The van der Waals surface area contributed by atoms with Gasteiger partial charge in [0, 0.05) is 36.3 Å². The summed E-state index contributed by atoms with van der Waals surface area (Å²) in [5.74, 6) is 0.150. The van der Waals surface area contributed by atoms with Crippen LogP contribution in [0.15, 0.2) is 48.9 Å². The van der Waals surface area contributed by atoms with Gasteiger partial charge in [-0.3, -0.25) is 10.3 Å². The first-order valence-electron chi connectivity index (χ1n) is 10.1. The fourth-order valence-corrected chi connectivity index (χ4v) is 4.09. The number of hydrogen-bond donors (Lipinski definition) is 4. The van der Waals surface area contributed by atoms with Crippen molar-refractivity contribution >= 4 is 32.7 Å². The fraction of sp³-hybridized carbons (Fsp3) is 0.227. The van der Waals surface area contributed by atoms with Crippen LogP contribution in [0.25, 0.3) is 32.6 Å². The van der Waals surface area contributed by atoms with Gasteiger partial charge in [-0.05, 0) is 43.7 Å². The van der Waals surface area contributed by atoms with Gasteiger partial charge in [-0.25, -0.2) is 19.7 Å². The average molecular weight is 451 g/mol. The molecule has 3 aromatic heterocycles. The number of amides is 2. The van der Waals surface area contributed by atoms with Crippen LogP contribution in [-0.2, 0) is 0 Å². The first-order chi connectivity index (χ1) is 15.5. The van der Waals surface area contributed by atoms with Gasteiger partial charge in [0.05, 0.1) is 22.0 Å². The van der Waals surface area contributed by atoms with Gasteiger partial charge < -0.3 is 15.5 Å². The molecule has 9 nitrogen and oxygen atoms in total. The Morgan fingerprint density at radius 1 is 1.12 bits per heavy atom. The SMILES string of the molecule is CCNC(=O)Nc1nc2cc(-c3cnc([C@@H](O)[C@@H](C)O)nc3)cc(-c3ccccn3)c2s1. The van der Waals surface area contributed by atoms with Crippen molar-refractivity contribution in [3.63, 3.8) is 0 Å². The average Bonchev–Trinajstić information content (AvgIpc) is 3.20. The number of carbonyl (C=O) groups excluding carboxylic acids is 1. The Morgan fingerprint density at radius 3 is 2.56 bits per heavy atom. The number of benzene rings is 1. The highest BCUT2D eigenvalue weighted by Crippen LogP contribution is 2.38. The molecular weight excluding hydrogens is 428 g/mol. The van der Waals surface area contributed by atoms with Crippen LogP contribution >= 0.6 is 11.3 Å². The maximum Gasteiger partial charge on any atom is 0.321 e. The highest BCUT2D eigenvalue weighted by Gasteiger charge is 2.18. The van der Waals surface area contributed by atoms with Crippen LogP contribution in [0, 0.1) is 0 Å². The lowest BCUT2D eigenvalue weighted by Gasteiger charge is -2.12. The number of anilines is 1. The molecule has 0 aliphatic carbocycles. The van der Waals surface area contributed by atoms with E-state index in [1.54, 1.807) is 18.6 Å². The summed E-state index contributed by atoms with van der Waals surface area (Å²) in [5.41, 5.74) is 3.87. The van der Waals surface area contributed by atoms with E-state index in [9.17, 15) is 15.0 Å². The van der Waals surface area contributed by atoms with Crippen molar-refractivity contribution in [2.75, 3.05) is 11.9 Å². The molecule has 0 saturated carbocycles. The van der Waals surface area contributed by atoms with Crippen molar-refractivity contribution in [2.24, 2.45) is 0 Å². The lowest BCUT2D eigenvalue weighted by molar-refractivity contribution is 0.0249. The number of pyridine rings is 1. The highest BCUT2D eigenvalue weighted by atomic mass is 32.1. The van der Waals surface area contributed by atoms with Gasteiger partial charge in [0.1, 0.15) is 6.10 Å². The number of nitrogens with zero attached hydrogens (tertiary/aromatic N) is 4. The predicted octanol–water partition coefficient (Wildman–Crippen LogP) is 3.37. The largest absolute Gasteiger partial charge is 0.390 e. The second-order valence-corrected chi connectivity index (χ2v) is 8.10. The number of rotatable bonds is 6. The first-order valence-corrected chi connectivity index (χ1v) is 10.9. The highest BCUT2D eigenvalue weighted by molar-refractivity contribution is 7.22. The normalized spacial score (nSPS) is 13.0. The van der Waals surface area contributed by atoms with Gasteiger partial charge in [-0.15, -0.1) is 0 Å². The van der Waals surface area contributed by atoms with E-state index in [-0.39, 0.29) is 11.9 Å². The number of urea groups is 1. The van der Waals surface area contributed by atoms with E-state index in [0.717, 1.165) is 27.1 Å². The first kappa shape index (κ1) is 21.8. The van der Waals surface area contributed by atoms with Gasteiger partial charge in [0.15, 0.2) is 11.0 Å². The molecule has 0 aliphatic rings. The molecule has 2 amide bonds. The van der Waals surface area contributed by atoms with Crippen molar-refractivity contribution in [1.82, 2.24) is 25.3 Å². The molecule has 0 radical (unpaired) electrons. The van der Waals surface area contributed by atoms with E-state index in [0.29, 0.717) is 17.2 Å². The van der Waals surface area contributed by atoms with Gasteiger partial charge in [-0.2, -0.15) is 0 Å². The number of aliphatic hydroxyl groups excluding tert-OH is 2. The standard InChI is InChI=1S/C22H22N6O3S/c1-3-23-21(31)28-22-27-17-9-13(14-10-25-20(26-11-14)18(30)12(2)29)8-15(19(17)32-22)16-6-4-5-7-24-16/h4-12,18,29-30H,3H2,1-2H3,(H2,23,27,28,31)/t12-,18+/m1/s1. The van der Waals surface area contributed by atoms with Crippen molar-refractivity contribution in [3.05, 3.63) is 54.7 Å². The van der Waals surface area contributed by atoms with Crippen LogP contribution in [0.3, 0.4) is 0 Å². The Balaban J connectivity index is 1.79. The molecular formula is C22H22N6O3S. The zero-order valence-corrected chi connectivity index (χ0v) is 18.3. The second kappa shape index (κ2) is 9.35. The summed E-state index contributed by atoms with van der Waals surface area (Å²) in [6, 6.07) is 9.22. The van der Waals surface area contributed by atoms with Crippen LogP contribution in [0.4, 0.5) is 9.93 Å². The molecule has 1 aromatic carbocycles. The Hall–Kier alpha value is -3.47. The molecule has 0 bridgehead atoms. The van der Waals surface area contributed by atoms with Crippen molar-refractivity contribution in [3.8, 4) is 22.4 Å². The zero-order chi connectivity index (χ0) is 22.7. The van der Waals surface area contributed by atoms with E-state index in [4.69, 9.17) is 0 Å². The lowest BCUT2D eigenvalue weighted by Crippen LogP contribution is -2.28. The zero-order valence-electron chi connectivity index (χ0n) is 17.5. The van der Waals surface area contributed by atoms with Crippen molar-refractivity contribution in [2.45, 2.75) is 26.1 Å². The Bertz CT molecular complexity index is 1230. The van der Waals surface area contributed by atoms with Crippen LogP contribution in [0.2, 0.25) is 0 Å². The summed E-state index contributed by atoms with van der Waals surface area (Å²) < 4.78 is 0.890. The van der Waals surface area contributed by atoms with Crippen LogP contribution in [0.5, 0.6) is 0 Å². The molecule has 4 rings (SSSR count). The maximum absolute atomic E-state index is 11.9. The van der Waals surface area contributed by atoms with Crippen LogP contribution in [-0.4, -0.2) is 48.8 Å².